The number of hydrogen-bond donors (Lipinski definition) is 2. The predicted molar refractivity (Wildman–Crippen MR) is 71.8 cm³/mol. The number of nitrogens with one attached hydrogen (secondary N) is 1. The van der Waals surface area contributed by atoms with E-state index in [-0.39, 0.29) is 22.0 Å². The van der Waals surface area contributed by atoms with Gasteiger partial charge in [0.2, 0.25) is 0 Å². The van der Waals surface area contributed by atoms with Crippen molar-refractivity contribution in [3.63, 3.8) is 0 Å². The molecule has 1 aromatic carbocycles. The highest BCUT2D eigenvalue weighted by atomic mass is 32.2. The van der Waals surface area contributed by atoms with Crippen molar-refractivity contribution in [3.8, 4) is 0 Å². The van der Waals surface area contributed by atoms with Gasteiger partial charge in [-0.3, -0.25) is 0 Å². The Morgan fingerprint density at radius 3 is 2.65 bits per heavy atom. The van der Waals surface area contributed by atoms with Gasteiger partial charge >= 0.3 is 5.97 Å². The Bertz CT molecular complexity index is 759. The van der Waals surface area contributed by atoms with E-state index in [4.69, 9.17) is 5.11 Å². The summed E-state index contributed by atoms with van der Waals surface area (Å²) in [5, 5.41) is 11.8. The molecule has 0 aliphatic heterocycles. The summed E-state index contributed by atoms with van der Waals surface area (Å²) in [7, 11) is -3.44. The topological polar surface area (TPSA) is 109 Å². The zero-order valence-corrected chi connectivity index (χ0v) is 11.3. The third kappa shape index (κ3) is 2.91. The lowest BCUT2D eigenvalue weighted by Gasteiger charge is -2.11. The average molecular weight is 293 g/mol. The van der Waals surface area contributed by atoms with Crippen molar-refractivity contribution >= 4 is 27.3 Å². The van der Waals surface area contributed by atoms with Gasteiger partial charge in [-0.25, -0.2) is 23.2 Å². The highest BCUT2D eigenvalue weighted by Crippen LogP contribution is 2.25. The van der Waals surface area contributed by atoms with Crippen LogP contribution >= 0.6 is 0 Å². The number of carboxylic acids is 1. The molecule has 104 valence electrons. The van der Waals surface area contributed by atoms with Crippen molar-refractivity contribution in [1.82, 2.24) is 9.97 Å². The number of anilines is 2. The van der Waals surface area contributed by atoms with Crippen LogP contribution in [0.4, 0.5) is 11.5 Å². The molecule has 0 radical (unpaired) electrons. The van der Waals surface area contributed by atoms with Crippen LogP contribution in [0.15, 0.2) is 41.7 Å². The van der Waals surface area contributed by atoms with E-state index in [1.54, 1.807) is 12.1 Å². The average Bonchev–Trinajstić information content (AvgIpc) is 2.38. The van der Waals surface area contributed by atoms with Gasteiger partial charge in [-0.2, -0.15) is 0 Å². The van der Waals surface area contributed by atoms with Crippen LogP contribution < -0.4 is 5.32 Å². The van der Waals surface area contributed by atoms with Crippen molar-refractivity contribution in [3.05, 3.63) is 42.4 Å². The zero-order chi connectivity index (χ0) is 14.8. The van der Waals surface area contributed by atoms with Crippen molar-refractivity contribution in [2.75, 3.05) is 11.6 Å². The van der Waals surface area contributed by atoms with E-state index in [1.807, 2.05) is 0 Å². The first-order chi connectivity index (χ1) is 9.39. The van der Waals surface area contributed by atoms with Gasteiger partial charge in [-0.15, -0.1) is 0 Å². The molecule has 20 heavy (non-hydrogen) atoms. The summed E-state index contributed by atoms with van der Waals surface area (Å²) < 4.78 is 23.3. The van der Waals surface area contributed by atoms with Gasteiger partial charge in [0, 0.05) is 12.5 Å². The first-order valence-corrected chi connectivity index (χ1v) is 7.38. The molecular weight excluding hydrogens is 282 g/mol. The maximum Gasteiger partial charge on any atom is 0.341 e. The second-order valence-corrected chi connectivity index (χ2v) is 5.97. The zero-order valence-electron chi connectivity index (χ0n) is 10.4. The van der Waals surface area contributed by atoms with E-state index in [2.05, 4.69) is 15.3 Å². The Kier molecular flexibility index (Phi) is 3.66. The Morgan fingerprint density at radius 1 is 1.30 bits per heavy atom. The van der Waals surface area contributed by atoms with E-state index < -0.39 is 15.8 Å². The Hall–Kier alpha value is -2.48. The maximum absolute atomic E-state index is 11.7. The van der Waals surface area contributed by atoms with Gasteiger partial charge in [0.15, 0.2) is 9.84 Å². The summed E-state index contributed by atoms with van der Waals surface area (Å²) in [4.78, 5) is 18.6. The number of nitrogens with zero attached hydrogens (tertiary/aromatic N) is 2. The van der Waals surface area contributed by atoms with Gasteiger partial charge in [0.1, 0.15) is 17.7 Å². The molecule has 2 N–H and O–H groups in total. The fourth-order valence-corrected chi connectivity index (χ4v) is 2.45. The van der Waals surface area contributed by atoms with Crippen LogP contribution in [0.25, 0.3) is 0 Å². The van der Waals surface area contributed by atoms with Gasteiger partial charge in [-0.1, -0.05) is 12.1 Å². The number of para-hydroxylation sites is 1. The number of benzene rings is 1. The van der Waals surface area contributed by atoms with E-state index in [1.165, 1.54) is 18.5 Å². The third-order valence-corrected chi connectivity index (χ3v) is 3.64. The van der Waals surface area contributed by atoms with E-state index in [0.717, 1.165) is 12.5 Å². The Morgan fingerprint density at radius 2 is 2.00 bits per heavy atom. The molecule has 2 aromatic rings. The van der Waals surface area contributed by atoms with Crippen LogP contribution in [0, 0.1) is 0 Å². The highest BCUT2D eigenvalue weighted by Gasteiger charge is 2.16. The van der Waals surface area contributed by atoms with Crippen LogP contribution in [-0.2, 0) is 9.84 Å². The summed E-state index contributed by atoms with van der Waals surface area (Å²) in [5.41, 5.74) is 0.118. The Balaban J connectivity index is 2.49. The maximum atomic E-state index is 11.7. The largest absolute Gasteiger partial charge is 0.477 e. The predicted octanol–water partition coefficient (Wildman–Crippen LogP) is 1.32. The fraction of sp³-hybridized carbons (Fsp3) is 0.0833. The molecule has 8 heteroatoms. The number of aromatic nitrogens is 2. The quantitative estimate of drug-likeness (QED) is 0.874. The van der Waals surface area contributed by atoms with Crippen LogP contribution in [0.1, 0.15) is 10.4 Å². The monoisotopic (exact) mass is 293 g/mol. The van der Waals surface area contributed by atoms with Crippen molar-refractivity contribution in [2.24, 2.45) is 0 Å². The fourth-order valence-electron chi connectivity index (χ4n) is 1.61. The second kappa shape index (κ2) is 5.25. The van der Waals surface area contributed by atoms with Gasteiger partial charge < -0.3 is 10.4 Å². The smallest absolute Gasteiger partial charge is 0.341 e. The number of rotatable bonds is 4. The van der Waals surface area contributed by atoms with Gasteiger partial charge in [0.05, 0.1) is 10.6 Å². The third-order valence-electron chi connectivity index (χ3n) is 2.48. The highest BCUT2D eigenvalue weighted by molar-refractivity contribution is 7.90. The van der Waals surface area contributed by atoms with E-state index in [9.17, 15) is 13.2 Å². The number of hydrogen-bond acceptors (Lipinski definition) is 6. The number of carbonyl (C=O) groups is 1. The van der Waals surface area contributed by atoms with Crippen LogP contribution in [-0.4, -0.2) is 35.7 Å². The molecule has 0 bridgehead atoms. The molecular formula is C12H11N3O4S. The molecule has 0 atom stereocenters. The first-order valence-electron chi connectivity index (χ1n) is 5.49. The molecule has 0 saturated carbocycles. The van der Waals surface area contributed by atoms with Crippen LogP contribution in [0.3, 0.4) is 0 Å². The number of carboxylic acid groups (broad SMARTS) is 1. The minimum absolute atomic E-state index is 0.0311. The molecule has 0 saturated heterocycles. The molecule has 0 unspecified atom stereocenters. The van der Waals surface area contributed by atoms with Crippen LogP contribution in [0.2, 0.25) is 0 Å². The second-order valence-electron chi connectivity index (χ2n) is 3.98. The van der Waals surface area contributed by atoms with E-state index >= 15 is 0 Å². The lowest BCUT2D eigenvalue weighted by Crippen LogP contribution is -2.08. The summed E-state index contributed by atoms with van der Waals surface area (Å²) >= 11 is 0. The van der Waals surface area contributed by atoms with E-state index in [0.29, 0.717) is 0 Å². The molecule has 0 aliphatic rings. The number of aromatic carboxylic acids is 1. The van der Waals surface area contributed by atoms with Crippen molar-refractivity contribution in [2.45, 2.75) is 4.90 Å². The van der Waals surface area contributed by atoms with Gasteiger partial charge in [0.25, 0.3) is 0 Å². The lowest BCUT2D eigenvalue weighted by atomic mass is 10.2. The van der Waals surface area contributed by atoms with Crippen molar-refractivity contribution < 1.29 is 18.3 Å². The lowest BCUT2D eigenvalue weighted by molar-refractivity contribution is 0.0697. The summed E-state index contributed by atoms with van der Waals surface area (Å²) in [6.07, 6.45) is 3.39. The van der Waals surface area contributed by atoms with Gasteiger partial charge in [-0.05, 0) is 12.1 Å². The normalized spacial score (nSPS) is 11.1. The standard InChI is InChI=1S/C12H11N3O4S/c1-20(18,19)10-5-3-2-4-9(10)15-11-8(12(16)17)6-13-7-14-11/h2-7H,1H3,(H,16,17)(H,13,14,15). The Labute approximate surface area is 115 Å². The molecule has 7 nitrogen and oxygen atoms in total. The first kappa shape index (κ1) is 13.9. The number of sulfone groups is 1. The molecule has 2 rings (SSSR count). The molecule has 1 aromatic heterocycles. The molecule has 0 fully saturated rings. The summed E-state index contributed by atoms with van der Waals surface area (Å²) in [6.45, 7) is 0. The van der Waals surface area contributed by atoms with Crippen LogP contribution in [0.5, 0.6) is 0 Å². The SMILES string of the molecule is CS(=O)(=O)c1ccccc1Nc1ncncc1C(=O)O. The molecule has 0 amide bonds. The summed E-state index contributed by atoms with van der Waals surface area (Å²) in [6, 6.07) is 6.18. The van der Waals surface area contributed by atoms with Crippen molar-refractivity contribution in [1.29, 1.82) is 0 Å². The minimum atomic E-state index is -3.44. The molecule has 1 heterocycles. The molecule has 0 spiro atoms. The minimum Gasteiger partial charge on any atom is -0.477 e. The summed E-state index contributed by atoms with van der Waals surface area (Å²) in [5.74, 6) is -1.17. The molecule has 0 aliphatic carbocycles.